The number of ether oxygens (including phenoxy) is 1. The van der Waals surface area contributed by atoms with Crippen molar-refractivity contribution in [3.8, 4) is 0 Å². The van der Waals surface area contributed by atoms with Gasteiger partial charge in [-0.15, -0.1) is 0 Å². The fourth-order valence-corrected chi connectivity index (χ4v) is 3.01. The highest BCUT2D eigenvalue weighted by Gasteiger charge is 2.40. The van der Waals surface area contributed by atoms with E-state index < -0.39 is 5.60 Å². The van der Waals surface area contributed by atoms with Crippen LogP contribution in [-0.2, 0) is 10.3 Å². The Balaban J connectivity index is 2.27. The molecule has 0 aliphatic heterocycles. The average molecular weight is 212 g/mol. The SMILES string of the molecule is COC1CCCCC1(O)c1ccsc1. The summed E-state index contributed by atoms with van der Waals surface area (Å²) in [7, 11) is 1.69. The molecule has 0 spiro atoms. The van der Waals surface area contributed by atoms with E-state index in [1.807, 2.05) is 16.8 Å². The van der Waals surface area contributed by atoms with Gasteiger partial charge in [0, 0.05) is 7.11 Å². The average Bonchev–Trinajstić information content (AvgIpc) is 2.72. The van der Waals surface area contributed by atoms with Gasteiger partial charge in [-0.1, -0.05) is 12.8 Å². The van der Waals surface area contributed by atoms with Crippen LogP contribution in [0.1, 0.15) is 31.2 Å². The number of hydrogen-bond donors (Lipinski definition) is 1. The molecule has 1 aromatic heterocycles. The Kier molecular flexibility index (Phi) is 2.91. The van der Waals surface area contributed by atoms with E-state index in [-0.39, 0.29) is 6.10 Å². The molecule has 0 bridgehead atoms. The van der Waals surface area contributed by atoms with Gasteiger partial charge in [0.25, 0.3) is 0 Å². The van der Waals surface area contributed by atoms with Crippen LogP contribution in [0.5, 0.6) is 0 Å². The van der Waals surface area contributed by atoms with Gasteiger partial charge >= 0.3 is 0 Å². The summed E-state index contributed by atoms with van der Waals surface area (Å²) in [6, 6.07) is 2.00. The molecule has 1 saturated carbocycles. The second-order valence-corrected chi connectivity index (χ2v) is 4.69. The van der Waals surface area contributed by atoms with Crippen molar-refractivity contribution >= 4 is 11.3 Å². The molecule has 2 nitrogen and oxygen atoms in total. The van der Waals surface area contributed by atoms with Crippen LogP contribution < -0.4 is 0 Å². The summed E-state index contributed by atoms with van der Waals surface area (Å²) in [5, 5.41) is 14.6. The van der Waals surface area contributed by atoms with E-state index in [1.54, 1.807) is 18.4 Å². The standard InChI is InChI=1S/C11H16O2S/c1-13-10-4-2-3-6-11(10,12)9-5-7-14-8-9/h5,7-8,10,12H,2-4,6H2,1H3. The molecular weight excluding hydrogens is 196 g/mol. The highest BCUT2D eigenvalue weighted by Crippen LogP contribution is 2.39. The molecule has 1 N–H and O–H groups in total. The van der Waals surface area contributed by atoms with Crippen molar-refractivity contribution in [2.75, 3.05) is 7.11 Å². The maximum Gasteiger partial charge on any atom is 0.116 e. The van der Waals surface area contributed by atoms with Gasteiger partial charge in [-0.05, 0) is 35.2 Å². The minimum absolute atomic E-state index is 0.0363. The maximum atomic E-state index is 10.6. The van der Waals surface area contributed by atoms with Gasteiger partial charge in [-0.3, -0.25) is 0 Å². The van der Waals surface area contributed by atoms with Crippen LogP contribution in [0.15, 0.2) is 16.8 Å². The van der Waals surface area contributed by atoms with Gasteiger partial charge in [0.1, 0.15) is 5.60 Å². The lowest BCUT2D eigenvalue weighted by molar-refractivity contribution is -0.122. The van der Waals surface area contributed by atoms with E-state index in [2.05, 4.69) is 0 Å². The smallest absolute Gasteiger partial charge is 0.116 e. The summed E-state index contributed by atoms with van der Waals surface area (Å²) in [6.45, 7) is 0. The van der Waals surface area contributed by atoms with Crippen molar-refractivity contribution < 1.29 is 9.84 Å². The monoisotopic (exact) mass is 212 g/mol. The molecule has 0 saturated heterocycles. The molecule has 1 aromatic rings. The Morgan fingerprint density at radius 3 is 3.07 bits per heavy atom. The van der Waals surface area contributed by atoms with Crippen molar-refractivity contribution in [2.45, 2.75) is 37.4 Å². The molecule has 1 fully saturated rings. The first-order valence-corrected chi connectivity index (χ1v) is 5.99. The normalized spacial score (nSPS) is 33.1. The Labute approximate surface area is 88.5 Å². The molecule has 0 amide bonds. The van der Waals surface area contributed by atoms with Gasteiger partial charge < -0.3 is 9.84 Å². The summed E-state index contributed by atoms with van der Waals surface area (Å²) in [6.07, 6.45) is 3.99. The van der Waals surface area contributed by atoms with Gasteiger partial charge in [-0.2, -0.15) is 11.3 Å². The third kappa shape index (κ3) is 1.60. The zero-order valence-electron chi connectivity index (χ0n) is 8.40. The van der Waals surface area contributed by atoms with Gasteiger partial charge in [0.15, 0.2) is 0 Å². The molecule has 1 aliphatic rings. The number of methoxy groups -OCH3 is 1. The van der Waals surface area contributed by atoms with Crippen LogP contribution in [0, 0.1) is 0 Å². The molecule has 3 heteroatoms. The number of aliphatic hydroxyl groups is 1. The zero-order chi connectivity index (χ0) is 10.0. The largest absolute Gasteiger partial charge is 0.382 e. The third-order valence-corrected chi connectivity index (χ3v) is 3.80. The van der Waals surface area contributed by atoms with Gasteiger partial charge in [-0.25, -0.2) is 0 Å². The highest BCUT2D eigenvalue weighted by molar-refractivity contribution is 7.08. The van der Waals surface area contributed by atoms with E-state index in [0.29, 0.717) is 0 Å². The minimum atomic E-state index is -0.743. The van der Waals surface area contributed by atoms with Gasteiger partial charge in [0.05, 0.1) is 6.10 Å². The van der Waals surface area contributed by atoms with Crippen LogP contribution in [0.25, 0.3) is 0 Å². The molecule has 14 heavy (non-hydrogen) atoms. The first kappa shape index (κ1) is 10.1. The van der Waals surface area contributed by atoms with Crippen LogP contribution >= 0.6 is 11.3 Å². The summed E-state index contributed by atoms with van der Waals surface area (Å²) in [4.78, 5) is 0. The topological polar surface area (TPSA) is 29.5 Å². The summed E-state index contributed by atoms with van der Waals surface area (Å²) < 4.78 is 5.39. The van der Waals surface area contributed by atoms with E-state index in [1.165, 1.54) is 0 Å². The van der Waals surface area contributed by atoms with Crippen LogP contribution in [0.2, 0.25) is 0 Å². The van der Waals surface area contributed by atoms with E-state index >= 15 is 0 Å². The Morgan fingerprint density at radius 2 is 2.43 bits per heavy atom. The third-order valence-electron chi connectivity index (χ3n) is 3.11. The number of hydrogen-bond acceptors (Lipinski definition) is 3. The summed E-state index contributed by atoms with van der Waals surface area (Å²) in [5.74, 6) is 0. The molecular formula is C11H16O2S. The second-order valence-electron chi connectivity index (χ2n) is 3.91. The minimum Gasteiger partial charge on any atom is -0.382 e. The Bertz CT molecular complexity index is 283. The number of thiophene rings is 1. The molecule has 0 aromatic carbocycles. The lowest BCUT2D eigenvalue weighted by atomic mass is 9.78. The molecule has 1 aliphatic carbocycles. The van der Waals surface area contributed by atoms with E-state index in [9.17, 15) is 5.11 Å². The van der Waals surface area contributed by atoms with Gasteiger partial charge in [0.2, 0.25) is 0 Å². The molecule has 1 heterocycles. The van der Waals surface area contributed by atoms with Crippen LogP contribution in [0.3, 0.4) is 0 Å². The first-order chi connectivity index (χ1) is 6.77. The van der Waals surface area contributed by atoms with E-state index in [4.69, 9.17) is 4.74 Å². The number of rotatable bonds is 2. The predicted octanol–water partition coefficient (Wildman–Crippen LogP) is 2.52. The molecule has 2 atom stereocenters. The zero-order valence-corrected chi connectivity index (χ0v) is 9.22. The van der Waals surface area contributed by atoms with Crippen molar-refractivity contribution in [3.63, 3.8) is 0 Å². The first-order valence-electron chi connectivity index (χ1n) is 5.05. The van der Waals surface area contributed by atoms with Crippen molar-refractivity contribution in [3.05, 3.63) is 22.4 Å². The van der Waals surface area contributed by atoms with E-state index in [0.717, 1.165) is 31.2 Å². The second kappa shape index (κ2) is 4.01. The van der Waals surface area contributed by atoms with Crippen molar-refractivity contribution in [2.24, 2.45) is 0 Å². The Hall–Kier alpha value is -0.380. The lowest BCUT2D eigenvalue weighted by Crippen LogP contribution is -2.43. The maximum absolute atomic E-state index is 10.6. The van der Waals surface area contributed by atoms with Crippen molar-refractivity contribution in [1.29, 1.82) is 0 Å². The molecule has 0 radical (unpaired) electrons. The van der Waals surface area contributed by atoms with Crippen LogP contribution in [0.4, 0.5) is 0 Å². The molecule has 78 valence electrons. The molecule has 2 rings (SSSR count). The fraction of sp³-hybridized carbons (Fsp3) is 0.636. The molecule has 2 unspecified atom stereocenters. The summed E-state index contributed by atoms with van der Waals surface area (Å²) in [5.41, 5.74) is 0.279. The lowest BCUT2D eigenvalue weighted by Gasteiger charge is -2.38. The van der Waals surface area contributed by atoms with Crippen molar-refractivity contribution in [1.82, 2.24) is 0 Å². The Morgan fingerprint density at radius 1 is 1.57 bits per heavy atom. The predicted molar refractivity (Wildman–Crippen MR) is 57.5 cm³/mol. The van der Waals surface area contributed by atoms with Crippen LogP contribution in [-0.4, -0.2) is 18.3 Å². The summed E-state index contributed by atoms with van der Waals surface area (Å²) >= 11 is 1.63. The highest BCUT2D eigenvalue weighted by atomic mass is 32.1. The quantitative estimate of drug-likeness (QED) is 0.816. The fourth-order valence-electron chi connectivity index (χ4n) is 2.28.